The number of nitriles is 1. The van der Waals surface area contributed by atoms with Crippen molar-refractivity contribution in [3.8, 4) is 6.07 Å². The summed E-state index contributed by atoms with van der Waals surface area (Å²) in [5.41, 5.74) is 0. The Morgan fingerprint density at radius 1 is 1.53 bits per heavy atom. The highest BCUT2D eigenvalue weighted by atomic mass is 32.2. The van der Waals surface area contributed by atoms with Crippen LogP contribution in [0.25, 0.3) is 0 Å². The first-order valence-electron chi connectivity index (χ1n) is 5.43. The van der Waals surface area contributed by atoms with Gasteiger partial charge in [-0.15, -0.1) is 0 Å². The van der Waals surface area contributed by atoms with Gasteiger partial charge in [-0.05, 0) is 26.2 Å². The monoisotopic (exact) mass is 260 g/mol. The van der Waals surface area contributed by atoms with Crippen LogP contribution in [0.5, 0.6) is 0 Å². The fourth-order valence-electron chi connectivity index (χ4n) is 1.85. The van der Waals surface area contributed by atoms with Crippen LogP contribution in [0.4, 0.5) is 0 Å². The van der Waals surface area contributed by atoms with Gasteiger partial charge < -0.3 is 4.74 Å². The lowest BCUT2D eigenvalue weighted by atomic mass is 10.1. The van der Waals surface area contributed by atoms with E-state index >= 15 is 0 Å². The van der Waals surface area contributed by atoms with Gasteiger partial charge in [0.1, 0.15) is 6.04 Å². The number of piperidine rings is 1. The van der Waals surface area contributed by atoms with E-state index in [0.717, 1.165) is 10.7 Å². The van der Waals surface area contributed by atoms with Crippen LogP contribution in [0.15, 0.2) is 0 Å². The second-order valence-electron chi connectivity index (χ2n) is 3.96. The van der Waals surface area contributed by atoms with E-state index in [1.807, 2.05) is 0 Å². The Morgan fingerprint density at radius 2 is 2.18 bits per heavy atom. The minimum absolute atomic E-state index is 0.272. The molecule has 0 aromatic carbocycles. The summed E-state index contributed by atoms with van der Waals surface area (Å²) < 4.78 is 29.8. The van der Waals surface area contributed by atoms with Crippen molar-refractivity contribution in [3.63, 3.8) is 0 Å². The molecule has 96 valence electrons. The second kappa shape index (κ2) is 5.47. The van der Waals surface area contributed by atoms with Crippen molar-refractivity contribution in [3.05, 3.63) is 0 Å². The van der Waals surface area contributed by atoms with Gasteiger partial charge in [-0.2, -0.15) is 9.57 Å². The van der Waals surface area contributed by atoms with Crippen LogP contribution in [0, 0.1) is 11.3 Å². The van der Waals surface area contributed by atoms with Crippen molar-refractivity contribution in [1.29, 1.82) is 5.26 Å². The first kappa shape index (κ1) is 13.9. The Morgan fingerprint density at radius 3 is 2.71 bits per heavy atom. The average molecular weight is 260 g/mol. The zero-order valence-corrected chi connectivity index (χ0v) is 10.7. The minimum Gasteiger partial charge on any atom is -0.468 e. The number of sulfonamides is 1. The molecule has 1 heterocycles. The molecule has 0 saturated carbocycles. The molecule has 0 aromatic heterocycles. The number of carbonyl (C=O) groups is 1. The molecule has 1 saturated heterocycles. The van der Waals surface area contributed by atoms with Crippen LogP contribution in [-0.2, 0) is 19.6 Å². The van der Waals surface area contributed by atoms with Gasteiger partial charge in [0.2, 0.25) is 10.0 Å². The summed E-state index contributed by atoms with van der Waals surface area (Å²) in [7, 11) is -2.51. The predicted molar refractivity (Wildman–Crippen MR) is 60.4 cm³/mol. The molecular formula is C10H16N2O4S. The molecule has 1 rings (SSSR count). The van der Waals surface area contributed by atoms with Crippen molar-refractivity contribution in [2.24, 2.45) is 0 Å². The second-order valence-corrected chi connectivity index (χ2v) is 6.17. The van der Waals surface area contributed by atoms with E-state index in [0.29, 0.717) is 12.8 Å². The van der Waals surface area contributed by atoms with Crippen LogP contribution >= 0.6 is 0 Å². The van der Waals surface area contributed by atoms with Crippen molar-refractivity contribution >= 4 is 16.0 Å². The quantitative estimate of drug-likeness (QED) is 0.679. The molecule has 17 heavy (non-hydrogen) atoms. The Kier molecular flexibility index (Phi) is 4.48. The summed E-state index contributed by atoms with van der Waals surface area (Å²) in [6.07, 6.45) is 1.93. The number of hydrogen-bond donors (Lipinski definition) is 0. The van der Waals surface area contributed by atoms with Crippen LogP contribution in [-0.4, -0.2) is 43.6 Å². The Balaban J connectivity index is 3.01. The molecule has 7 heteroatoms. The molecular weight excluding hydrogens is 244 g/mol. The van der Waals surface area contributed by atoms with Crippen molar-refractivity contribution in [2.45, 2.75) is 37.5 Å². The van der Waals surface area contributed by atoms with Crippen molar-refractivity contribution in [1.82, 2.24) is 4.31 Å². The fraction of sp³-hybridized carbons (Fsp3) is 0.800. The summed E-state index contributed by atoms with van der Waals surface area (Å²) in [4.78, 5) is 11.5. The van der Waals surface area contributed by atoms with Gasteiger partial charge in [0, 0.05) is 6.54 Å². The number of nitrogens with zero attached hydrogens (tertiary/aromatic N) is 2. The fourth-order valence-corrected chi connectivity index (χ4v) is 3.32. The smallest absolute Gasteiger partial charge is 0.324 e. The van der Waals surface area contributed by atoms with E-state index in [-0.39, 0.29) is 6.54 Å². The van der Waals surface area contributed by atoms with E-state index in [1.165, 1.54) is 14.0 Å². The molecule has 6 nitrogen and oxygen atoms in total. The van der Waals surface area contributed by atoms with Gasteiger partial charge in [-0.3, -0.25) is 4.79 Å². The third kappa shape index (κ3) is 2.76. The normalized spacial score (nSPS) is 23.7. The highest BCUT2D eigenvalue weighted by Gasteiger charge is 2.40. The van der Waals surface area contributed by atoms with Gasteiger partial charge in [-0.1, -0.05) is 0 Å². The lowest BCUT2D eigenvalue weighted by molar-refractivity contribution is -0.146. The Labute approximate surface area is 101 Å². The maximum atomic E-state index is 12.0. The van der Waals surface area contributed by atoms with E-state index in [4.69, 9.17) is 5.26 Å². The number of methoxy groups -OCH3 is 1. The summed E-state index contributed by atoms with van der Waals surface area (Å²) in [5.74, 6) is -0.557. The molecule has 2 atom stereocenters. The first-order valence-corrected chi connectivity index (χ1v) is 6.93. The molecule has 1 aliphatic heterocycles. The van der Waals surface area contributed by atoms with Gasteiger partial charge >= 0.3 is 5.97 Å². The zero-order valence-electron chi connectivity index (χ0n) is 9.92. The van der Waals surface area contributed by atoms with E-state index in [2.05, 4.69) is 4.74 Å². The van der Waals surface area contributed by atoms with Gasteiger partial charge in [0.15, 0.2) is 5.25 Å². The standard InChI is InChI=1S/C10H16N2O4S/c1-8(7-11)17(14,15)12-6-4-3-5-9(12)10(13)16-2/h8-9H,3-6H2,1-2H3/t8?,9-/m1/s1. The lowest BCUT2D eigenvalue weighted by Crippen LogP contribution is -2.50. The predicted octanol–water partition coefficient (Wildman–Crippen LogP) is 0.256. The summed E-state index contributed by atoms with van der Waals surface area (Å²) in [6.45, 7) is 1.59. The molecule has 0 N–H and O–H groups in total. The Hall–Kier alpha value is -1.13. The van der Waals surface area contributed by atoms with Crippen LogP contribution in [0.1, 0.15) is 26.2 Å². The SMILES string of the molecule is COC(=O)[C@H]1CCCCN1S(=O)(=O)C(C)C#N. The van der Waals surface area contributed by atoms with E-state index in [9.17, 15) is 13.2 Å². The van der Waals surface area contributed by atoms with Gasteiger partial charge in [0.25, 0.3) is 0 Å². The highest BCUT2D eigenvalue weighted by Crippen LogP contribution is 2.23. The maximum absolute atomic E-state index is 12.0. The largest absolute Gasteiger partial charge is 0.468 e. The molecule has 0 aromatic rings. The summed E-state index contributed by atoms with van der Waals surface area (Å²) in [6, 6.07) is 0.915. The van der Waals surface area contributed by atoms with Crippen LogP contribution < -0.4 is 0 Å². The number of hydrogen-bond acceptors (Lipinski definition) is 5. The molecule has 0 bridgehead atoms. The third-order valence-corrected chi connectivity index (χ3v) is 4.97. The van der Waals surface area contributed by atoms with Crippen LogP contribution in [0.3, 0.4) is 0 Å². The topological polar surface area (TPSA) is 87.5 Å². The molecule has 0 radical (unpaired) electrons. The summed E-state index contributed by atoms with van der Waals surface area (Å²) in [5, 5.41) is 7.57. The van der Waals surface area contributed by atoms with Gasteiger partial charge in [-0.25, -0.2) is 8.42 Å². The summed E-state index contributed by atoms with van der Waals surface area (Å²) >= 11 is 0. The average Bonchev–Trinajstić information content (AvgIpc) is 2.36. The molecule has 1 unspecified atom stereocenters. The Bertz CT molecular complexity index is 426. The van der Waals surface area contributed by atoms with Crippen molar-refractivity contribution < 1.29 is 17.9 Å². The molecule has 1 fully saturated rings. The van der Waals surface area contributed by atoms with E-state index in [1.54, 1.807) is 6.07 Å². The minimum atomic E-state index is -3.74. The van der Waals surface area contributed by atoms with Crippen LogP contribution in [0.2, 0.25) is 0 Å². The molecule has 1 aliphatic rings. The number of esters is 1. The molecule has 0 spiro atoms. The molecule has 0 amide bonds. The number of ether oxygens (including phenoxy) is 1. The molecule has 0 aliphatic carbocycles. The lowest BCUT2D eigenvalue weighted by Gasteiger charge is -2.33. The maximum Gasteiger partial charge on any atom is 0.324 e. The van der Waals surface area contributed by atoms with Crippen molar-refractivity contribution in [2.75, 3.05) is 13.7 Å². The third-order valence-electron chi connectivity index (χ3n) is 2.88. The first-order chi connectivity index (χ1) is 7.95. The van der Waals surface area contributed by atoms with E-state index < -0.39 is 27.3 Å². The zero-order chi connectivity index (χ0) is 13.1. The number of carbonyl (C=O) groups excluding carboxylic acids is 1. The highest BCUT2D eigenvalue weighted by molar-refractivity contribution is 7.90. The number of rotatable bonds is 3. The van der Waals surface area contributed by atoms with Gasteiger partial charge in [0.05, 0.1) is 13.2 Å².